The van der Waals surface area contributed by atoms with Crippen LogP contribution in [0.3, 0.4) is 0 Å². The smallest absolute Gasteiger partial charge is 0.228 e. The van der Waals surface area contributed by atoms with Crippen molar-refractivity contribution in [3.8, 4) is 23.0 Å². The summed E-state index contributed by atoms with van der Waals surface area (Å²) in [4.78, 5) is 17.2. The Balaban J connectivity index is 1.76. The fraction of sp³-hybridized carbons (Fsp3) is 0.241. The van der Waals surface area contributed by atoms with Crippen LogP contribution in [0.15, 0.2) is 54.4 Å². The molecule has 2 aromatic carbocycles. The van der Waals surface area contributed by atoms with Gasteiger partial charge in [0.1, 0.15) is 5.75 Å². The van der Waals surface area contributed by atoms with E-state index in [-0.39, 0.29) is 12.3 Å². The number of nitrogens with one attached hydrogen (secondary N) is 1. The minimum absolute atomic E-state index is 0.112. The third-order valence-corrected chi connectivity index (χ3v) is 6.19. The number of anilines is 1. The quantitative estimate of drug-likeness (QED) is 0.435. The van der Waals surface area contributed by atoms with E-state index in [0.717, 1.165) is 44.7 Å². The molecule has 36 heavy (non-hydrogen) atoms. The SMILES string of the molecule is COc1ccc2c(c1)C(CC(=O)Nc1cncc(C)c1)=C(C)/C2=C/c1cc(OC)c(OC)c(OC)c1. The molecule has 0 bridgehead atoms. The second-order valence-corrected chi connectivity index (χ2v) is 8.51. The maximum Gasteiger partial charge on any atom is 0.228 e. The molecule has 0 radical (unpaired) electrons. The fourth-order valence-corrected chi connectivity index (χ4v) is 4.46. The minimum Gasteiger partial charge on any atom is -0.497 e. The van der Waals surface area contributed by atoms with E-state index < -0.39 is 0 Å². The molecule has 0 atom stereocenters. The summed E-state index contributed by atoms with van der Waals surface area (Å²) in [5.74, 6) is 2.30. The van der Waals surface area contributed by atoms with Gasteiger partial charge in [-0.3, -0.25) is 9.78 Å². The van der Waals surface area contributed by atoms with E-state index in [1.807, 2.05) is 50.2 Å². The lowest BCUT2D eigenvalue weighted by Crippen LogP contribution is -2.12. The molecule has 186 valence electrons. The van der Waals surface area contributed by atoms with Crippen LogP contribution in [0.4, 0.5) is 5.69 Å². The molecule has 3 aromatic rings. The number of hydrogen-bond donors (Lipinski definition) is 1. The molecular formula is C29H30N2O5. The Hall–Kier alpha value is -4.26. The molecule has 1 aromatic heterocycles. The molecule has 0 aliphatic heterocycles. The predicted molar refractivity (Wildman–Crippen MR) is 142 cm³/mol. The maximum absolute atomic E-state index is 13.0. The van der Waals surface area contributed by atoms with Crippen LogP contribution in [-0.2, 0) is 4.79 Å². The van der Waals surface area contributed by atoms with Crippen LogP contribution in [0.25, 0.3) is 17.2 Å². The highest BCUT2D eigenvalue weighted by atomic mass is 16.5. The topological polar surface area (TPSA) is 78.9 Å². The first-order chi connectivity index (χ1) is 17.4. The number of allylic oxidation sites excluding steroid dienone is 2. The summed E-state index contributed by atoms with van der Waals surface area (Å²) >= 11 is 0. The highest BCUT2D eigenvalue weighted by Crippen LogP contribution is 2.46. The molecule has 0 saturated carbocycles. The lowest BCUT2D eigenvalue weighted by molar-refractivity contribution is -0.115. The third-order valence-electron chi connectivity index (χ3n) is 6.19. The monoisotopic (exact) mass is 486 g/mol. The van der Waals surface area contributed by atoms with Gasteiger partial charge in [-0.05, 0) is 89.2 Å². The lowest BCUT2D eigenvalue weighted by Gasteiger charge is -2.13. The van der Waals surface area contributed by atoms with Crippen molar-refractivity contribution in [2.24, 2.45) is 0 Å². The van der Waals surface area contributed by atoms with Crippen molar-refractivity contribution in [1.82, 2.24) is 4.98 Å². The third kappa shape index (κ3) is 4.91. The lowest BCUT2D eigenvalue weighted by atomic mass is 10.00. The summed E-state index contributed by atoms with van der Waals surface area (Å²) < 4.78 is 22.0. The van der Waals surface area contributed by atoms with E-state index in [2.05, 4.69) is 16.4 Å². The Labute approximate surface area is 211 Å². The molecule has 0 unspecified atom stereocenters. The van der Waals surface area contributed by atoms with Crippen molar-refractivity contribution in [3.05, 3.63) is 76.6 Å². The normalized spacial score (nSPS) is 13.4. The van der Waals surface area contributed by atoms with Crippen LogP contribution in [0, 0.1) is 6.92 Å². The van der Waals surface area contributed by atoms with Crippen molar-refractivity contribution < 1.29 is 23.7 Å². The molecule has 7 nitrogen and oxygen atoms in total. The number of carbonyl (C=O) groups is 1. The highest BCUT2D eigenvalue weighted by Gasteiger charge is 2.26. The van der Waals surface area contributed by atoms with E-state index in [4.69, 9.17) is 18.9 Å². The standard InChI is InChI=1S/C29H30N2O5/c1-17-9-20(16-30-15-17)31-28(32)14-24-18(2)23(22-8-7-21(33-3)13-25(22)24)10-19-11-26(34-4)29(36-6)27(12-19)35-5/h7-13,15-16H,14H2,1-6H3,(H,31,32)/b23-10-. The molecule has 1 heterocycles. The molecule has 0 saturated heterocycles. The molecule has 4 rings (SSSR count). The molecule has 1 aliphatic rings. The van der Waals surface area contributed by atoms with Crippen LogP contribution in [0.5, 0.6) is 23.0 Å². The Kier molecular flexibility index (Phi) is 7.29. The molecule has 7 heteroatoms. The van der Waals surface area contributed by atoms with Crippen molar-refractivity contribution in [3.63, 3.8) is 0 Å². The van der Waals surface area contributed by atoms with E-state index in [1.165, 1.54) is 0 Å². The number of amides is 1. The number of hydrogen-bond acceptors (Lipinski definition) is 6. The zero-order valence-electron chi connectivity index (χ0n) is 21.4. The van der Waals surface area contributed by atoms with Gasteiger partial charge in [-0.25, -0.2) is 0 Å². The van der Waals surface area contributed by atoms with E-state index in [9.17, 15) is 4.79 Å². The van der Waals surface area contributed by atoms with Crippen LogP contribution >= 0.6 is 0 Å². The number of ether oxygens (including phenoxy) is 4. The second kappa shape index (κ2) is 10.6. The first-order valence-electron chi connectivity index (χ1n) is 11.5. The van der Waals surface area contributed by atoms with Crippen molar-refractivity contribution in [1.29, 1.82) is 0 Å². The summed E-state index contributed by atoms with van der Waals surface area (Å²) in [5, 5.41) is 2.96. The summed E-state index contributed by atoms with van der Waals surface area (Å²) in [6.07, 6.45) is 5.68. The van der Waals surface area contributed by atoms with E-state index >= 15 is 0 Å². The molecule has 1 amide bonds. The van der Waals surface area contributed by atoms with Gasteiger partial charge in [0.25, 0.3) is 0 Å². The van der Waals surface area contributed by atoms with Gasteiger partial charge in [0.2, 0.25) is 11.7 Å². The van der Waals surface area contributed by atoms with Gasteiger partial charge >= 0.3 is 0 Å². The van der Waals surface area contributed by atoms with Gasteiger partial charge in [0, 0.05) is 6.20 Å². The van der Waals surface area contributed by atoms with Gasteiger partial charge in [-0.1, -0.05) is 6.07 Å². The van der Waals surface area contributed by atoms with Crippen molar-refractivity contribution >= 4 is 28.8 Å². The number of pyridine rings is 1. The average Bonchev–Trinajstić information content (AvgIpc) is 3.13. The van der Waals surface area contributed by atoms with Gasteiger partial charge in [0.05, 0.1) is 46.7 Å². The first kappa shape index (κ1) is 24.9. The summed E-state index contributed by atoms with van der Waals surface area (Å²) in [6, 6.07) is 11.6. The van der Waals surface area contributed by atoms with Gasteiger partial charge in [0.15, 0.2) is 11.5 Å². The van der Waals surface area contributed by atoms with Crippen LogP contribution in [-0.4, -0.2) is 39.3 Å². The largest absolute Gasteiger partial charge is 0.497 e. The number of aromatic nitrogens is 1. The maximum atomic E-state index is 13.0. The number of methoxy groups -OCH3 is 4. The highest BCUT2D eigenvalue weighted by molar-refractivity contribution is 6.10. The molecular weight excluding hydrogens is 456 g/mol. The second-order valence-electron chi connectivity index (χ2n) is 8.51. The van der Waals surface area contributed by atoms with Gasteiger partial charge in [-0.2, -0.15) is 0 Å². The summed E-state index contributed by atoms with van der Waals surface area (Å²) in [5.41, 5.74) is 7.53. The predicted octanol–water partition coefficient (Wildman–Crippen LogP) is 5.78. The van der Waals surface area contributed by atoms with Gasteiger partial charge < -0.3 is 24.3 Å². The van der Waals surface area contributed by atoms with Crippen LogP contribution in [0.2, 0.25) is 0 Å². The number of nitrogens with zero attached hydrogens (tertiary/aromatic N) is 1. The number of fused-ring (bicyclic) bond motifs is 1. The minimum atomic E-state index is -0.112. The molecule has 0 spiro atoms. The van der Waals surface area contributed by atoms with E-state index in [1.54, 1.807) is 40.8 Å². The van der Waals surface area contributed by atoms with Crippen LogP contribution in [0.1, 0.15) is 35.6 Å². The Morgan fingerprint density at radius 1 is 0.889 bits per heavy atom. The van der Waals surface area contributed by atoms with E-state index in [0.29, 0.717) is 22.9 Å². The Morgan fingerprint density at radius 2 is 1.61 bits per heavy atom. The first-order valence-corrected chi connectivity index (χ1v) is 11.5. The molecule has 1 aliphatic carbocycles. The summed E-state index contributed by atoms with van der Waals surface area (Å²) in [6.45, 7) is 3.97. The van der Waals surface area contributed by atoms with Gasteiger partial charge in [-0.15, -0.1) is 0 Å². The zero-order valence-corrected chi connectivity index (χ0v) is 21.4. The molecule has 1 N–H and O–H groups in total. The Morgan fingerprint density at radius 3 is 2.22 bits per heavy atom. The number of aryl methyl sites for hydroxylation is 1. The van der Waals surface area contributed by atoms with Crippen molar-refractivity contribution in [2.45, 2.75) is 20.3 Å². The number of rotatable bonds is 8. The zero-order chi connectivity index (χ0) is 25.8. The average molecular weight is 487 g/mol. The van der Waals surface area contributed by atoms with Crippen LogP contribution < -0.4 is 24.3 Å². The number of benzene rings is 2. The Bertz CT molecular complexity index is 1350. The summed E-state index contributed by atoms with van der Waals surface area (Å²) in [7, 11) is 6.40. The van der Waals surface area contributed by atoms with Crippen molar-refractivity contribution in [2.75, 3.05) is 33.8 Å². The molecule has 0 fully saturated rings. The number of carbonyl (C=O) groups excluding carboxylic acids is 1. The fourth-order valence-electron chi connectivity index (χ4n) is 4.46.